The summed E-state index contributed by atoms with van der Waals surface area (Å²) in [7, 11) is 0. The fraction of sp³-hybridized carbons (Fsp3) is 0.381. The molecule has 1 aromatic carbocycles. The molecule has 18 nitrogen and oxygen atoms in total. The standard InChI is InChI=1S/C21H24O18.Na.H/c22-5-10(26)18(31)35-14-3-1-9(2-4-15(30)38-39-21(34)13(29)8-25)16(36-19(32)11(27)6-23)17(14)37-20(33)12(28)7-24;;/h1-4,10-13,22-29H,5-8H2;;. The molecule has 218 valence electrons. The predicted octanol–water partition coefficient (Wildman–Crippen LogP) is -5.82. The number of aliphatic hydroxyl groups is 8. The van der Waals surface area contributed by atoms with E-state index in [1.54, 1.807) is 0 Å². The van der Waals surface area contributed by atoms with E-state index in [2.05, 4.69) is 9.78 Å². The van der Waals surface area contributed by atoms with Crippen LogP contribution in [-0.4, -0.2) is 151 Å². The molecule has 0 fully saturated rings. The number of benzene rings is 1. The van der Waals surface area contributed by atoms with Crippen molar-refractivity contribution in [2.75, 3.05) is 26.4 Å². The third-order valence-electron chi connectivity index (χ3n) is 4.11. The van der Waals surface area contributed by atoms with Gasteiger partial charge in [-0.05, 0) is 18.2 Å². The topological polar surface area (TPSA) is 293 Å². The second-order valence-electron chi connectivity index (χ2n) is 7.01. The Morgan fingerprint density at radius 3 is 1.52 bits per heavy atom. The van der Waals surface area contributed by atoms with Gasteiger partial charge in [0.25, 0.3) is 0 Å². The first kappa shape index (κ1) is 37.0. The Balaban J connectivity index is 0.0000152. The van der Waals surface area contributed by atoms with Gasteiger partial charge in [-0.2, -0.15) is 0 Å². The van der Waals surface area contributed by atoms with Gasteiger partial charge in [0, 0.05) is 11.6 Å². The summed E-state index contributed by atoms with van der Waals surface area (Å²) in [5.74, 6) is -10.3. The second-order valence-corrected chi connectivity index (χ2v) is 7.01. The Morgan fingerprint density at radius 1 is 0.625 bits per heavy atom. The molecule has 0 radical (unpaired) electrons. The molecule has 40 heavy (non-hydrogen) atoms. The average Bonchev–Trinajstić information content (AvgIpc) is 2.94. The van der Waals surface area contributed by atoms with Gasteiger partial charge in [0.05, 0.1) is 26.4 Å². The zero-order valence-corrected chi connectivity index (χ0v) is 19.6. The molecule has 0 aliphatic heterocycles. The van der Waals surface area contributed by atoms with E-state index in [1.807, 2.05) is 0 Å². The Labute approximate surface area is 245 Å². The van der Waals surface area contributed by atoms with Crippen molar-refractivity contribution in [1.29, 1.82) is 0 Å². The summed E-state index contributed by atoms with van der Waals surface area (Å²) in [6.07, 6.45) is -7.11. The summed E-state index contributed by atoms with van der Waals surface area (Å²) in [5.41, 5.74) is -0.393. The van der Waals surface area contributed by atoms with Crippen LogP contribution in [0.25, 0.3) is 6.08 Å². The van der Waals surface area contributed by atoms with Crippen molar-refractivity contribution in [3.8, 4) is 17.2 Å². The third-order valence-corrected chi connectivity index (χ3v) is 4.11. The van der Waals surface area contributed by atoms with Gasteiger partial charge in [-0.1, -0.05) is 0 Å². The van der Waals surface area contributed by atoms with Crippen molar-refractivity contribution in [1.82, 2.24) is 0 Å². The van der Waals surface area contributed by atoms with Crippen molar-refractivity contribution in [3.63, 3.8) is 0 Å². The molecule has 0 bridgehead atoms. The molecule has 4 unspecified atom stereocenters. The van der Waals surface area contributed by atoms with Gasteiger partial charge in [-0.25, -0.2) is 33.7 Å². The average molecular weight is 588 g/mol. The predicted molar refractivity (Wildman–Crippen MR) is 124 cm³/mol. The van der Waals surface area contributed by atoms with Crippen LogP contribution >= 0.6 is 0 Å². The minimum atomic E-state index is -2.17. The van der Waals surface area contributed by atoms with Crippen LogP contribution in [0.2, 0.25) is 0 Å². The molecule has 19 heteroatoms. The van der Waals surface area contributed by atoms with E-state index in [-0.39, 0.29) is 29.6 Å². The molecule has 8 N–H and O–H groups in total. The number of hydrogen-bond acceptors (Lipinski definition) is 18. The summed E-state index contributed by atoms with van der Waals surface area (Å²) in [6, 6.07) is 1.81. The fourth-order valence-corrected chi connectivity index (χ4v) is 2.11. The molecule has 0 spiro atoms. The van der Waals surface area contributed by atoms with Crippen molar-refractivity contribution in [2.45, 2.75) is 24.4 Å². The summed E-state index contributed by atoms with van der Waals surface area (Å²) >= 11 is 0. The van der Waals surface area contributed by atoms with Crippen LogP contribution in [0, 0.1) is 0 Å². The number of rotatable bonds is 13. The van der Waals surface area contributed by atoms with Crippen LogP contribution in [0.1, 0.15) is 5.56 Å². The van der Waals surface area contributed by atoms with E-state index in [4.69, 9.17) is 39.7 Å². The molecule has 0 heterocycles. The summed E-state index contributed by atoms with van der Waals surface area (Å²) < 4.78 is 14.6. The number of ether oxygens (including phenoxy) is 3. The van der Waals surface area contributed by atoms with Gasteiger partial charge >= 0.3 is 59.4 Å². The molecule has 0 saturated carbocycles. The van der Waals surface area contributed by atoms with Gasteiger partial charge in [-0.3, -0.25) is 0 Å². The van der Waals surface area contributed by atoms with E-state index < -0.39 is 104 Å². The third kappa shape index (κ3) is 11.2. The van der Waals surface area contributed by atoms with Crippen LogP contribution in [0.5, 0.6) is 17.2 Å². The van der Waals surface area contributed by atoms with E-state index >= 15 is 0 Å². The molecule has 0 aliphatic rings. The first-order chi connectivity index (χ1) is 18.4. The van der Waals surface area contributed by atoms with Crippen molar-refractivity contribution in [2.24, 2.45) is 0 Å². The van der Waals surface area contributed by atoms with E-state index in [0.29, 0.717) is 6.08 Å². The van der Waals surface area contributed by atoms with E-state index in [1.165, 1.54) is 0 Å². The summed E-state index contributed by atoms with van der Waals surface area (Å²) in [6.45, 7) is -4.42. The van der Waals surface area contributed by atoms with E-state index in [0.717, 1.165) is 18.2 Å². The van der Waals surface area contributed by atoms with Crippen LogP contribution < -0.4 is 14.2 Å². The fourth-order valence-electron chi connectivity index (χ4n) is 2.11. The maximum atomic E-state index is 12.2. The monoisotopic (exact) mass is 588 g/mol. The van der Waals surface area contributed by atoms with Gasteiger partial charge < -0.3 is 55.1 Å². The van der Waals surface area contributed by atoms with Gasteiger partial charge in [0.1, 0.15) is 0 Å². The maximum absolute atomic E-state index is 12.2. The van der Waals surface area contributed by atoms with Crippen LogP contribution in [0.3, 0.4) is 0 Å². The minimum absolute atomic E-state index is 0. The molecule has 0 saturated heterocycles. The van der Waals surface area contributed by atoms with Gasteiger partial charge in [0.15, 0.2) is 35.9 Å². The van der Waals surface area contributed by atoms with Crippen molar-refractivity contribution < 1.29 is 88.8 Å². The quantitative estimate of drug-likeness (QED) is 0.0266. The number of carbonyl (C=O) groups is 5. The van der Waals surface area contributed by atoms with Gasteiger partial charge in [-0.15, -0.1) is 0 Å². The van der Waals surface area contributed by atoms with Crippen LogP contribution in [0.15, 0.2) is 18.2 Å². The van der Waals surface area contributed by atoms with Gasteiger partial charge in [0.2, 0.25) is 5.75 Å². The SMILES string of the molecule is O=C(C=Cc1ccc(OC(=O)C(O)CO)c(OC(=O)C(O)CO)c1OC(=O)C(O)CO)OOC(=O)C(O)CO.[NaH]. The van der Waals surface area contributed by atoms with Crippen molar-refractivity contribution in [3.05, 3.63) is 23.8 Å². The number of hydrogen-bond donors (Lipinski definition) is 8. The Morgan fingerprint density at radius 2 is 1.05 bits per heavy atom. The molecule has 1 aromatic rings. The number of carbonyl (C=O) groups excluding carboxylic acids is 5. The second kappa shape index (κ2) is 18.4. The van der Waals surface area contributed by atoms with Crippen LogP contribution in [0.4, 0.5) is 0 Å². The Kier molecular flexibility index (Phi) is 17.0. The number of esters is 3. The number of aliphatic hydroxyl groups excluding tert-OH is 8. The molecule has 0 aromatic heterocycles. The zero-order valence-electron chi connectivity index (χ0n) is 19.6. The molecular weight excluding hydrogens is 563 g/mol. The Bertz CT molecular complexity index is 1070. The van der Waals surface area contributed by atoms with Crippen LogP contribution in [-0.2, 0) is 33.7 Å². The first-order valence-corrected chi connectivity index (χ1v) is 10.5. The zero-order chi connectivity index (χ0) is 29.7. The molecule has 0 aliphatic carbocycles. The Hall–Kier alpha value is -3.01. The molecule has 1 rings (SSSR count). The molecule has 0 amide bonds. The first-order valence-electron chi connectivity index (χ1n) is 10.5. The molecular formula is C21H25NaO18. The summed E-state index contributed by atoms with van der Waals surface area (Å²) in [4.78, 5) is 67.4. The summed E-state index contributed by atoms with van der Waals surface area (Å²) in [5, 5.41) is 73.2. The van der Waals surface area contributed by atoms with E-state index in [9.17, 15) is 39.3 Å². The normalized spacial score (nSPS) is 13.7. The van der Waals surface area contributed by atoms with Crippen molar-refractivity contribution >= 4 is 65.5 Å². The molecule has 4 atom stereocenters.